The van der Waals surface area contributed by atoms with Crippen LogP contribution in [-0.4, -0.2) is 16.2 Å². The summed E-state index contributed by atoms with van der Waals surface area (Å²) in [6.07, 6.45) is 8.27. The summed E-state index contributed by atoms with van der Waals surface area (Å²) < 4.78 is 5.31. The molecule has 2 heterocycles. The van der Waals surface area contributed by atoms with Crippen LogP contribution in [0.1, 0.15) is 5.56 Å². The Bertz CT molecular complexity index is 693. The lowest BCUT2D eigenvalue weighted by atomic mass is 10.1. The number of aromatic nitrogens is 2. The summed E-state index contributed by atoms with van der Waals surface area (Å²) >= 11 is 0. The number of nitrogens with zero attached hydrogens (tertiary/aromatic N) is 3. The molecule has 3 aromatic rings. The van der Waals surface area contributed by atoms with Crippen LogP contribution in [0.3, 0.4) is 0 Å². The van der Waals surface area contributed by atoms with Gasteiger partial charge >= 0.3 is 0 Å². The van der Waals surface area contributed by atoms with Crippen LogP contribution in [0.4, 0.5) is 5.69 Å². The second-order valence-electron chi connectivity index (χ2n) is 4.06. The zero-order valence-corrected chi connectivity index (χ0v) is 10.6. The summed E-state index contributed by atoms with van der Waals surface area (Å²) in [7, 11) is 0. The van der Waals surface area contributed by atoms with Gasteiger partial charge in [0.1, 0.15) is 0 Å². The van der Waals surface area contributed by atoms with E-state index in [1.807, 2.05) is 36.4 Å². The van der Waals surface area contributed by atoms with Crippen molar-refractivity contribution >= 4 is 11.9 Å². The molecule has 1 N–H and O–H groups in total. The molecule has 1 aromatic carbocycles. The SMILES string of the molecule is C(=NNc1ccccc1-c1cnco1)c1ccncc1. The number of para-hydroxylation sites is 1. The molecule has 0 unspecified atom stereocenters. The van der Waals surface area contributed by atoms with Crippen LogP contribution in [0.2, 0.25) is 0 Å². The van der Waals surface area contributed by atoms with E-state index in [-0.39, 0.29) is 0 Å². The summed E-state index contributed by atoms with van der Waals surface area (Å²) in [5.74, 6) is 0.701. The standard InChI is InChI=1S/C15H12N4O/c1-2-4-14(13(3-1)15-10-17-11-20-15)19-18-9-12-5-7-16-8-6-12/h1-11,19H. The minimum absolute atomic E-state index is 0.701. The normalized spacial score (nSPS) is 10.8. The minimum Gasteiger partial charge on any atom is -0.443 e. The average molecular weight is 264 g/mol. The van der Waals surface area contributed by atoms with Crippen molar-refractivity contribution in [3.05, 3.63) is 66.9 Å². The molecule has 0 fully saturated rings. The summed E-state index contributed by atoms with van der Waals surface area (Å²) in [6, 6.07) is 11.5. The molecule has 98 valence electrons. The van der Waals surface area contributed by atoms with Crippen molar-refractivity contribution in [1.82, 2.24) is 9.97 Å². The molecule has 5 heteroatoms. The Hall–Kier alpha value is -2.95. The first-order valence-corrected chi connectivity index (χ1v) is 6.10. The van der Waals surface area contributed by atoms with Gasteiger partial charge < -0.3 is 4.42 Å². The molecule has 0 aliphatic heterocycles. The first kappa shape index (κ1) is 12.1. The number of benzene rings is 1. The number of hydrogen-bond donors (Lipinski definition) is 1. The molecule has 0 aliphatic carbocycles. The molecule has 0 saturated heterocycles. The maximum atomic E-state index is 5.31. The van der Waals surface area contributed by atoms with Crippen molar-refractivity contribution in [1.29, 1.82) is 0 Å². The van der Waals surface area contributed by atoms with Crippen molar-refractivity contribution < 1.29 is 4.42 Å². The van der Waals surface area contributed by atoms with E-state index >= 15 is 0 Å². The molecule has 2 aromatic heterocycles. The van der Waals surface area contributed by atoms with Gasteiger partial charge in [-0.15, -0.1) is 0 Å². The molecule has 0 radical (unpaired) electrons. The third-order valence-electron chi connectivity index (χ3n) is 2.73. The van der Waals surface area contributed by atoms with E-state index in [4.69, 9.17) is 4.42 Å². The van der Waals surface area contributed by atoms with Crippen LogP contribution in [0.15, 0.2) is 70.9 Å². The molecule has 3 rings (SSSR count). The molecule has 0 bridgehead atoms. The van der Waals surface area contributed by atoms with Crippen LogP contribution in [-0.2, 0) is 0 Å². The van der Waals surface area contributed by atoms with Gasteiger partial charge in [0.25, 0.3) is 0 Å². The quantitative estimate of drug-likeness (QED) is 0.580. The first-order valence-electron chi connectivity index (χ1n) is 6.10. The largest absolute Gasteiger partial charge is 0.443 e. The van der Waals surface area contributed by atoms with Crippen molar-refractivity contribution in [2.75, 3.05) is 5.43 Å². The number of rotatable bonds is 4. The van der Waals surface area contributed by atoms with E-state index in [0.29, 0.717) is 5.76 Å². The van der Waals surface area contributed by atoms with Gasteiger partial charge in [-0.1, -0.05) is 12.1 Å². The highest BCUT2D eigenvalue weighted by atomic mass is 16.3. The van der Waals surface area contributed by atoms with E-state index in [1.165, 1.54) is 6.39 Å². The zero-order valence-electron chi connectivity index (χ0n) is 10.6. The summed E-state index contributed by atoms with van der Waals surface area (Å²) in [5.41, 5.74) is 5.76. The van der Waals surface area contributed by atoms with Gasteiger partial charge in [-0.3, -0.25) is 10.4 Å². The molecule has 20 heavy (non-hydrogen) atoms. The fourth-order valence-electron chi connectivity index (χ4n) is 1.77. The van der Waals surface area contributed by atoms with Crippen molar-refractivity contribution in [3.8, 4) is 11.3 Å². The topological polar surface area (TPSA) is 63.3 Å². The third kappa shape index (κ3) is 2.72. The van der Waals surface area contributed by atoms with E-state index < -0.39 is 0 Å². The molecule has 0 atom stereocenters. The summed E-state index contributed by atoms with van der Waals surface area (Å²) in [5, 5.41) is 4.22. The van der Waals surface area contributed by atoms with Crippen LogP contribution in [0.5, 0.6) is 0 Å². The van der Waals surface area contributed by atoms with E-state index in [0.717, 1.165) is 16.8 Å². The molecule has 0 amide bonds. The zero-order chi connectivity index (χ0) is 13.6. The predicted octanol–water partition coefficient (Wildman–Crippen LogP) is 3.18. The molecular formula is C15H12N4O. The number of pyridine rings is 1. The second-order valence-corrected chi connectivity index (χ2v) is 4.06. The van der Waals surface area contributed by atoms with Gasteiger partial charge in [0.2, 0.25) is 0 Å². The highest BCUT2D eigenvalue weighted by molar-refractivity contribution is 5.81. The molecule has 0 spiro atoms. The second kappa shape index (κ2) is 5.79. The average Bonchev–Trinajstić information content (AvgIpc) is 3.03. The molecular weight excluding hydrogens is 252 g/mol. The molecule has 0 aliphatic rings. The Balaban J connectivity index is 1.80. The monoisotopic (exact) mass is 264 g/mol. The highest BCUT2D eigenvalue weighted by Crippen LogP contribution is 2.27. The lowest BCUT2D eigenvalue weighted by Crippen LogP contribution is -1.93. The van der Waals surface area contributed by atoms with Crippen LogP contribution in [0, 0.1) is 0 Å². The number of anilines is 1. The number of oxazole rings is 1. The number of hydrazone groups is 1. The fraction of sp³-hybridized carbons (Fsp3) is 0. The number of hydrogen-bond acceptors (Lipinski definition) is 5. The van der Waals surface area contributed by atoms with Crippen molar-refractivity contribution in [2.45, 2.75) is 0 Å². The lowest BCUT2D eigenvalue weighted by molar-refractivity contribution is 0.572. The fourth-order valence-corrected chi connectivity index (χ4v) is 1.77. The Morgan fingerprint density at radius 3 is 2.70 bits per heavy atom. The van der Waals surface area contributed by atoms with Crippen molar-refractivity contribution in [2.24, 2.45) is 5.10 Å². The molecule has 5 nitrogen and oxygen atoms in total. The van der Waals surface area contributed by atoms with Crippen molar-refractivity contribution in [3.63, 3.8) is 0 Å². The van der Waals surface area contributed by atoms with Crippen LogP contribution >= 0.6 is 0 Å². The van der Waals surface area contributed by atoms with E-state index in [2.05, 4.69) is 20.5 Å². The lowest BCUT2D eigenvalue weighted by Gasteiger charge is -2.05. The van der Waals surface area contributed by atoms with E-state index in [9.17, 15) is 0 Å². The van der Waals surface area contributed by atoms with Gasteiger partial charge in [0.05, 0.1) is 18.1 Å². The maximum Gasteiger partial charge on any atom is 0.181 e. The van der Waals surface area contributed by atoms with Gasteiger partial charge in [0.15, 0.2) is 12.2 Å². The Morgan fingerprint density at radius 1 is 1.05 bits per heavy atom. The smallest absolute Gasteiger partial charge is 0.181 e. The van der Waals surface area contributed by atoms with Crippen LogP contribution < -0.4 is 5.43 Å². The van der Waals surface area contributed by atoms with Gasteiger partial charge in [-0.2, -0.15) is 5.10 Å². The Kier molecular flexibility index (Phi) is 3.51. The van der Waals surface area contributed by atoms with Gasteiger partial charge in [-0.05, 0) is 29.8 Å². The van der Waals surface area contributed by atoms with Crippen LogP contribution in [0.25, 0.3) is 11.3 Å². The Labute approximate surface area is 116 Å². The molecule has 0 saturated carbocycles. The maximum absolute atomic E-state index is 5.31. The highest BCUT2D eigenvalue weighted by Gasteiger charge is 2.06. The predicted molar refractivity (Wildman–Crippen MR) is 77.4 cm³/mol. The summed E-state index contributed by atoms with van der Waals surface area (Å²) in [4.78, 5) is 7.89. The van der Waals surface area contributed by atoms with Gasteiger partial charge in [-0.25, -0.2) is 4.98 Å². The third-order valence-corrected chi connectivity index (χ3v) is 2.73. The van der Waals surface area contributed by atoms with Gasteiger partial charge in [0, 0.05) is 18.0 Å². The minimum atomic E-state index is 0.701. The first-order chi connectivity index (χ1) is 9.93. The Morgan fingerprint density at radius 2 is 1.90 bits per heavy atom. The number of nitrogens with one attached hydrogen (secondary N) is 1. The summed E-state index contributed by atoms with van der Waals surface area (Å²) in [6.45, 7) is 0. The van der Waals surface area contributed by atoms with E-state index in [1.54, 1.807) is 24.8 Å².